The van der Waals surface area contributed by atoms with Gasteiger partial charge in [0.05, 0.1) is 6.07 Å². The predicted octanol–water partition coefficient (Wildman–Crippen LogP) is 2.09. The molecule has 0 bridgehead atoms. The van der Waals surface area contributed by atoms with E-state index in [9.17, 15) is 8.42 Å². The van der Waals surface area contributed by atoms with Crippen molar-refractivity contribution in [3.05, 3.63) is 29.3 Å². The van der Waals surface area contributed by atoms with Gasteiger partial charge in [0.2, 0.25) is 10.0 Å². The highest BCUT2D eigenvalue weighted by Gasteiger charge is 2.33. The zero-order valence-electron chi connectivity index (χ0n) is 11.9. The summed E-state index contributed by atoms with van der Waals surface area (Å²) in [4.78, 5) is 2.10. The van der Waals surface area contributed by atoms with Crippen LogP contribution < -0.4 is 4.90 Å². The molecule has 1 aromatic rings. The number of hydrogen-bond acceptors (Lipinski definition) is 4. The van der Waals surface area contributed by atoms with Crippen LogP contribution in [0.2, 0.25) is 5.02 Å². The van der Waals surface area contributed by atoms with E-state index in [-0.39, 0.29) is 0 Å². The molecule has 1 atom stereocenters. The van der Waals surface area contributed by atoms with Crippen LogP contribution in [0.15, 0.2) is 24.3 Å². The Morgan fingerprint density at radius 3 is 2.52 bits per heavy atom. The van der Waals surface area contributed by atoms with Gasteiger partial charge in [0, 0.05) is 36.9 Å². The average Bonchev–Trinajstić information content (AvgIpc) is 2.48. The Kier molecular flexibility index (Phi) is 5.09. The number of anilines is 1. The van der Waals surface area contributed by atoms with Crippen molar-refractivity contribution in [2.75, 3.05) is 31.1 Å². The molecule has 1 saturated heterocycles. The van der Waals surface area contributed by atoms with Gasteiger partial charge in [-0.1, -0.05) is 24.6 Å². The molecule has 1 aromatic carbocycles. The maximum atomic E-state index is 12.3. The van der Waals surface area contributed by atoms with Crippen molar-refractivity contribution in [3.63, 3.8) is 0 Å². The summed E-state index contributed by atoms with van der Waals surface area (Å²) in [5.74, 6) is 0. The van der Waals surface area contributed by atoms with Gasteiger partial charge in [0.1, 0.15) is 0 Å². The predicted molar refractivity (Wildman–Crippen MR) is 83.8 cm³/mol. The van der Waals surface area contributed by atoms with Crippen molar-refractivity contribution < 1.29 is 8.42 Å². The Balaban J connectivity index is 2.05. The molecule has 1 heterocycles. The van der Waals surface area contributed by atoms with E-state index in [2.05, 4.69) is 4.90 Å². The molecule has 0 aliphatic carbocycles. The largest absolute Gasteiger partial charge is 0.369 e. The van der Waals surface area contributed by atoms with Gasteiger partial charge >= 0.3 is 0 Å². The maximum Gasteiger partial charge on any atom is 0.230 e. The van der Waals surface area contributed by atoms with E-state index < -0.39 is 15.3 Å². The lowest BCUT2D eigenvalue weighted by atomic mass is 10.2. The van der Waals surface area contributed by atoms with Gasteiger partial charge in [-0.3, -0.25) is 0 Å². The van der Waals surface area contributed by atoms with Crippen LogP contribution in [0.4, 0.5) is 5.69 Å². The third-order valence-corrected chi connectivity index (χ3v) is 6.12. The van der Waals surface area contributed by atoms with Gasteiger partial charge in [-0.2, -0.15) is 9.57 Å². The average molecular weight is 328 g/mol. The summed E-state index contributed by atoms with van der Waals surface area (Å²) in [5.41, 5.74) is 0.992. The van der Waals surface area contributed by atoms with Gasteiger partial charge in [-0.25, -0.2) is 8.42 Å². The van der Waals surface area contributed by atoms with E-state index in [0.29, 0.717) is 37.6 Å². The second-order valence-electron chi connectivity index (χ2n) is 4.94. The zero-order valence-corrected chi connectivity index (χ0v) is 13.4. The van der Waals surface area contributed by atoms with Crippen LogP contribution >= 0.6 is 11.6 Å². The van der Waals surface area contributed by atoms with Gasteiger partial charge in [-0.05, 0) is 24.6 Å². The molecular weight excluding hydrogens is 310 g/mol. The number of nitrogens with zero attached hydrogens (tertiary/aromatic N) is 3. The fourth-order valence-corrected chi connectivity index (χ4v) is 4.19. The lowest BCUT2D eigenvalue weighted by Crippen LogP contribution is -2.51. The van der Waals surface area contributed by atoms with Crippen molar-refractivity contribution in [2.45, 2.75) is 18.6 Å². The first-order chi connectivity index (χ1) is 9.98. The number of sulfonamides is 1. The van der Waals surface area contributed by atoms with E-state index in [1.165, 1.54) is 4.31 Å². The molecule has 7 heteroatoms. The fraction of sp³-hybridized carbons (Fsp3) is 0.500. The molecule has 0 amide bonds. The lowest BCUT2D eigenvalue weighted by Gasteiger charge is -2.36. The number of benzene rings is 1. The SMILES string of the molecule is CCC(C#N)S(=O)(=O)N1CCN(c2cccc(Cl)c2)CC1. The summed E-state index contributed by atoms with van der Waals surface area (Å²) in [6.45, 7) is 3.70. The second kappa shape index (κ2) is 6.65. The third kappa shape index (κ3) is 3.49. The van der Waals surface area contributed by atoms with E-state index in [1.54, 1.807) is 6.92 Å². The molecule has 114 valence electrons. The van der Waals surface area contributed by atoms with Crippen molar-refractivity contribution in [1.29, 1.82) is 5.26 Å². The van der Waals surface area contributed by atoms with E-state index in [4.69, 9.17) is 16.9 Å². The molecule has 5 nitrogen and oxygen atoms in total. The minimum absolute atomic E-state index is 0.313. The van der Waals surface area contributed by atoms with Crippen molar-refractivity contribution >= 4 is 27.3 Å². The number of hydrogen-bond donors (Lipinski definition) is 0. The Morgan fingerprint density at radius 2 is 2.00 bits per heavy atom. The molecule has 0 saturated carbocycles. The quantitative estimate of drug-likeness (QED) is 0.849. The molecule has 2 rings (SSSR count). The monoisotopic (exact) mass is 327 g/mol. The lowest BCUT2D eigenvalue weighted by molar-refractivity contribution is 0.381. The van der Waals surface area contributed by atoms with Gasteiger partial charge < -0.3 is 4.90 Å². The summed E-state index contributed by atoms with van der Waals surface area (Å²) < 4.78 is 26.0. The highest BCUT2D eigenvalue weighted by molar-refractivity contribution is 7.90. The summed E-state index contributed by atoms with van der Waals surface area (Å²) in [5, 5.41) is 8.69. The minimum Gasteiger partial charge on any atom is -0.369 e. The van der Waals surface area contributed by atoms with Crippen molar-refractivity contribution in [3.8, 4) is 6.07 Å². The topological polar surface area (TPSA) is 64.4 Å². The first-order valence-electron chi connectivity index (χ1n) is 6.88. The van der Waals surface area contributed by atoms with Crippen molar-refractivity contribution in [1.82, 2.24) is 4.31 Å². The first-order valence-corrected chi connectivity index (χ1v) is 8.76. The highest BCUT2D eigenvalue weighted by atomic mass is 35.5. The molecule has 0 radical (unpaired) electrons. The number of halogens is 1. The summed E-state index contributed by atoms with van der Waals surface area (Å²) in [6.07, 6.45) is 0.313. The van der Waals surface area contributed by atoms with Crippen LogP contribution in [0.3, 0.4) is 0 Å². The van der Waals surface area contributed by atoms with Crippen LogP contribution in [-0.4, -0.2) is 44.2 Å². The minimum atomic E-state index is -3.52. The van der Waals surface area contributed by atoms with Crippen LogP contribution in [-0.2, 0) is 10.0 Å². The Bertz CT molecular complexity index is 634. The summed E-state index contributed by atoms with van der Waals surface area (Å²) >= 11 is 5.98. The fourth-order valence-electron chi connectivity index (χ4n) is 2.42. The highest BCUT2D eigenvalue weighted by Crippen LogP contribution is 2.22. The van der Waals surface area contributed by atoms with Crippen LogP contribution in [0.5, 0.6) is 0 Å². The van der Waals surface area contributed by atoms with Gasteiger partial charge in [0.25, 0.3) is 0 Å². The van der Waals surface area contributed by atoms with E-state index in [1.807, 2.05) is 30.3 Å². The van der Waals surface area contributed by atoms with Crippen LogP contribution in [0.1, 0.15) is 13.3 Å². The number of piperazine rings is 1. The number of nitriles is 1. The Hall–Kier alpha value is -1.29. The second-order valence-corrected chi connectivity index (χ2v) is 7.49. The maximum absolute atomic E-state index is 12.3. The normalized spacial score (nSPS) is 18.2. The molecule has 1 aliphatic heterocycles. The van der Waals surface area contributed by atoms with Gasteiger partial charge in [-0.15, -0.1) is 0 Å². The summed E-state index contributed by atoms with van der Waals surface area (Å²) in [7, 11) is -3.52. The molecule has 0 aromatic heterocycles. The molecule has 1 fully saturated rings. The molecule has 1 aliphatic rings. The smallest absolute Gasteiger partial charge is 0.230 e. The first kappa shape index (κ1) is 16.1. The van der Waals surface area contributed by atoms with Crippen molar-refractivity contribution in [2.24, 2.45) is 0 Å². The summed E-state index contributed by atoms with van der Waals surface area (Å²) in [6, 6.07) is 9.40. The van der Waals surface area contributed by atoms with Gasteiger partial charge in [0.15, 0.2) is 5.25 Å². The van der Waals surface area contributed by atoms with E-state index in [0.717, 1.165) is 5.69 Å². The Morgan fingerprint density at radius 1 is 1.33 bits per heavy atom. The molecule has 21 heavy (non-hydrogen) atoms. The molecule has 0 spiro atoms. The molecule has 1 unspecified atom stereocenters. The Labute approximate surface area is 130 Å². The third-order valence-electron chi connectivity index (χ3n) is 3.65. The van der Waals surface area contributed by atoms with Crippen LogP contribution in [0.25, 0.3) is 0 Å². The number of rotatable bonds is 4. The van der Waals surface area contributed by atoms with Crippen LogP contribution in [0, 0.1) is 11.3 Å². The molecular formula is C14H18ClN3O2S. The molecule has 0 N–H and O–H groups in total. The zero-order chi connectivity index (χ0) is 15.5. The standard InChI is InChI=1S/C14H18ClN3O2S/c1-2-14(11-16)21(19,20)18-8-6-17(7-9-18)13-5-3-4-12(15)10-13/h3-5,10,14H,2,6-9H2,1H3. The van der Waals surface area contributed by atoms with E-state index >= 15 is 0 Å².